The Bertz CT molecular complexity index is 493. The fourth-order valence-electron chi connectivity index (χ4n) is 1.42. The smallest absolute Gasteiger partial charge is 0.121 e. The highest BCUT2D eigenvalue weighted by molar-refractivity contribution is 5.82. The molecule has 0 aliphatic rings. The van der Waals surface area contributed by atoms with Crippen LogP contribution in [-0.2, 0) is 0 Å². The number of aromatic amines is 1. The predicted molar refractivity (Wildman–Crippen MR) is 54.2 cm³/mol. The van der Waals surface area contributed by atoms with Crippen molar-refractivity contribution in [2.24, 2.45) is 0 Å². The third-order valence-corrected chi connectivity index (χ3v) is 2.03. The molecule has 0 atom stereocenters. The molecule has 0 fully saturated rings. The van der Waals surface area contributed by atoms with Gasteiger partial charge in [-0.1, -0.05) is 0 Å². The standard InChI is InChI=1S/C11H10N2O/c1-2-14-10-4-3-8-5-9(7-12)13-11(8)6-10/h3-6,13H,2H2,1H3. The summed E-state index contributed by atoms with van der Waals surface area (Å²) in [5.74, 6) is 0.825. The summed E-state index contributed by atoms with van der Waals surface area (Å²) in [6.07, 6.45) is 0. The minimum atomic E-state index is 0.577. The summed E-state index contributed by atoms with van der Waals surface area (Å²) in [5, 5.41) is 9.73. The van der Waals surface area contributed by atoms with Gasteiger partial charge < -0.3 is 9.72 Å². The first-order valence-corrected chi connectivity index (χ1v) is 4.49. The lowest BCUT2D eigenvalue weighted by molar-refractivity contribution is 0.340. The zero-order valence-corrected chi connectivity index (χ0v) is 7.87. The second kappa shape index (κ2) is 3.43. The molecular formula is C11H10N2O. The molecule has 3 nitrogen and oxygen atoms in total. The number of hydrogen-bond donors (Lipinski definition) is 1. The molecule has 0 aliphatic carbocycles. The van der Waals surface area contributed by atoms with Crippen LogP contribution >= 0.6 is 0 Å². The van der Waals surface area contributed by atoms with Crippen molar-refractivity contribution in [3.05, 3.63) is 30.0 Å². The molecule has 3 heteroatoms. The van der Waals surface area contributed by atoms with Crippen LogP contribution in [0.5, 0.6) is 5.75 Å². The van der Waals surface area contributed by atoms with Crippen LogP contribution in [0, 0.1) is 11.3 Å². The summed E-state index contributed by atoms with van der Waals surface area (Å²) >= 11 is 0. The summed E-state index contributed by atoms with van der Waals surface area (Å²) in [6.45, 7) is 2.59. The van der Waals surface area contributed by atoms with Gasteiger partial charge in [0.2, 0.25) is 0 Å². The van der Waals surface area contributed by atoms with Crippen LogP contribution in [0.15, 0.2) is 24.3 Å². The molecule has 0 spiro atoms. The minimum Gasteiger partial charge on any atom is -0.494 e. The highest BCUT2D eigenvalue weighted by Crippen LogP contribution is 2.21. The molecule has 1 N–H and O–H groups in total. The Balaban J connectivity index is 2.50. The van der Waals surface area contributed by atoms with Crippen molar-refractivity contribution in [1.29, 1.82) is 5.26 Å². The molecule has 1 aromatic carbocycles. The average molecular weight is 186 g/mol. The van der Waals surface area contributed by atoms with Crippen molar-refractivity contribution >= 4 is 10.9 Å². The Labute approximate surface area is 81.9 Å². The molecule has 0 aliphatic heterocycles. The average Bonchev–Trinajstić information content (AvgIpc) is 2.60. The molecule has 1 aromatic heterocycles. The lowest BCUT2D eigenvalue weighted by atomic mass is 10.2. The van der Waals surface area contributed by atoms with Crippen LogP contribution in [0.1, 0.15) is 12.6 Å². The van der Waals surface area contributed by atoms with Gasteiger partial charge in [0, 0.05) is 11.5 Å². The van der Waals surface area contributed by atoms with Gasteiger partial charge in [-0.2, -0.15) is 5.26 Å². The molecule has 70 valence electrons. The third-order valence-electron chi connectivity index (χ3n) is 2.03. The van der Waals surface area contributed by atoms with Crippen molar-refractivity contribution in [1.82, 2.24) is 4.98 Å². The zero-order valence-electron chi connectivity index (χ0n) is 7.87. The van der Waals surface area contributed by atoms with E-state index in [9.17, 15) is 0 Å². The quantitative estimate of drug-likeness (QED) is 0.783. The Morgan fingerprint density at radius 1 is 1.43 bits per heavy atom. The molecule has 0 saturated carbocycles. The number of nitrogens with zero attached hydrogens (tertiary/aromatic N) is 1. The minimum absolute atomic E-state index is 0.577. The number of hydrogen-bond acceptors (Lipinski definition) is 2. The van der Waals surface area contributed by atoms with Gasteiger partial charge >= 0.3 is 0 Å². The van der Waals surface area contributed by atoms with Gasteiger partial charge in [0.25, 0.3) is 0 Å². The number of H-pyrrole nitrogens is 1. The number of nitrogens with one attached hydrogen (secondary N) is 1. The van der Waals surface area contributed by atoms with Gasteiger partial charge in [0.15, 0.2) is 0 Å². The number of ether oxygens (including phenoxy) is 1. The monoisotopic (exact) mass is 186 g/mol. The van der Waals surface area contributed by atoms with E-state index < -0.39 is 0 Å². The Morgan fingerprint density at radius 3 is 3.00 bits per heavy atom. The largest absolute Gasteiger partial charge is 0.494 e. The molecular weight excluding hydrogens is 176 g/mol. The molecule has 2 aromatic rings. The Morgan fingerprint density at radius 2 is 2.29 bits per heavy atom. The second-order valence-electron chi connectivity index (χ2n) is 2.98. The van der Waals surface area contributed by atoms with E-state index in [2.05, 4.69) is 11.1 Å². The summed E-state index contributed by atoms with van der Waals surface area (Å²) in [6, 6.07) is 9.64. The van der Waals surface area contributed by atoms with E-state index in [0.717, 1.165) is 16.7 Å². The van der Waals surface area contributed by atoms with Gasteiger partial charge in [-0.05, 0) is 25.1 Å². The van der Waals surface area contributed by atoms with Crippen LogP contribution < -0.4 is 4.74 Å². The van der Waals surface area contributed by atoms with Gasteiger partial charge in [0.1, 0.15) is 17.5 Å². The summed E-state index contributed by atoms with van der Waals surface area (Å²) in [5.41, 5.74) is 1.51. The lowest BCUT2D eigenvalue weighted by Crippen LogP contribution is -1.90. The van der Waals surface area contributed by atoms with Gasteiger partial charge in [0.05, 0.1) is 12.1 Å². The van der Waals surface area contributed by atoms with Crippen molar-refractivity contribution in [2.45, 2.75) is 6.92 Å². The topological polar surface area (TPSA) is 48.8 Å². The fourth-order valence-corrected chi connectivity index (χ4v) is 1.42. The third kappa shape index (κ3) is 1.42. The molecule has 1 heterocycles. The van der Waals surface area contributed by atoms with Gasteiger partial charge in [-0.25, -0.2) is 0 Å². The number of nitriles is 1. The van der Waals surface area contributed by atoms with E-state index in [1.54, 1.807) is 0 Å². The van der Waals surface area contributed by atoms with E-state index in [1.165, 1.54) is 0 Å². The van der Waals surface area contributed by atoms with Crippen LogP contribution in [0.3, 0.4) is 0 Å². The second-order valence-corrected chi connectivity index (χ2v) is 2.98. The van der Waals surface area contributed by atoms with Crippen LogP contribution in [0.25, 0.3) is 10.9 Å². The van der Waals surface area contributed by atoms with E-state index in [0.29, 0.717) is 12.3 Å². The van der Waals surface area contributed by atoms with Crippen LogP contribution in [0.4, 0.5) is 0 Å². The van der Waals surface area contributed by atoms with Gasteiger partial charge in [-0.3, -0.25) is 0 Å². The van der Waals surface area contributed by atoms with Crippen LogP contribution in [-0.4, -0.2) is 11.6 Å². The van der Waals surface area contributed by atoms with Crippen molar-refractivity contribution in [3.8, 4) is 11.8 Å². The van der Waals surface area contributed by atoms with Crippen molar-refractivity contribution in [3.63, 3.8) is 0 Å². The maximum Gasteiger partial charge on any atom is 0.121 e. The molecule has 0 unspecified atom stereocenters. The molecule has 0 saturated heterocycles. The maximum absolute atomic E-state index is 8.70. The first-order valence-electron chi connectivity index (χ1n) is 4.49. The van der Waals surface area contributed by atoms with Crippen LogP contribution in [0.2, 0.25) is 0 Å². The van der Waals surface area contributed by atoms with Crippen molar-refractivity contribution in [2.75, 3.05) is 6.61 Å². The summed E-state index contributed by atoms with van der Waals surface area (Å²) in [4.78, 5) is 3.00. The molecule has 0 radical (unpaired) electrons. The summed E-state index contributed by atoms with van der Waals surface area (Å²) < 4.78 is 5.35. The fraction of sp³-hybridized carbons (Fsp3) is 0.182. The normalized spacial score (nSPS) is 10.0. The molecule has 14 heavy (non-hydrogen) atoms. The highest BCUT2D eigenvalue weighted by Gasteiger charge is 2.00. The zero-order chi connectivity index (χ0) is 9.97. The molecule has 2 rings (SSSR count). The summed E-state index contributed by atoms with van der Waals surface area (Å²) in [7, 11) is 0. The number of fused-ring (bicyclic) bond motifs is 1. The Kier molecular flexibility index (Phi) is 2.11. The molecule has 0 bridgehead atoms. The van der Waals surface area contributed by atoms with Crippen molar-refractivity contribution < 1.29 is 4.74 Å². The number of benzene rings is 1. The first-order chi connectivity index (χ1) is 6.83. The predicted octanol–water partition coefficient (Wildman–Crippen LogP) is 2.44. The number of aromatic nitrogens is 1. The van der Waals surface area contributed by atoms with Gasteiger partial charge in [-0.15, -0.1) is 0 Å². The Hall–Kier alpha value is -1.95. The van der Waals surface area contributed by atoms with E-state index in [1.807, 2.05) is 31.2 Å². The molecule has 0 amide bonds. The number of rotatable bonds is 2. The SMILES string of the molecule is CCOc1ccc2cc(C#N)[nH]c2c1. The van der Waals surface area contributed by atoms with E-state index >= 15 is 0 Å². The lowest BCUT2D eigenvalue weighted by Gasteiger charge is -2.01. The highest BCUT2D eigenvalue weighted by atomic mass is 16.5. The maximum atomic E-state index is 8.70. The van der Waals surface area contributed by atoms with E-state index in [4.69, 9.17) is 10.00 Å². The first kappa shape index (κ1) is 8.64. The van der Waals surface area contributed by atoms with E-state index in [-0.39, 0.29) is 0 Å².